The summed E-state index contributed by atoms with van der Waals surface area (Å²) in [6.45, 7) is 3.35. The van der Waals surface area contributed by atoms with Crippen molar-refractivity contribution in [3.05, 3.63) is 81.7 Å². The van der Waals surface area contributed by atoms with Gasteiger partial charge < -0.3 is 18.9 Å². The number of benzene rings is 2. The lowest BCUT2D eigenvalue weighted by Gasteiger charge is -2.29. The van der Waals surface area contributed by atoms with Crippen LogP contribution >= 0.6 is 0 Å². The van der Waals surface area contributed by atoms with Gasteiger partial charge in [-0.25, -0.2) is 18.9 Å². The van der Waals surface area contributed by atoms with Crippen molar-refractivity contribution in [2.45, 2.75) is 26.4 Å². The van der Waals surface area contributed by atoms with E-state index in [0.717, 1.165) is 18.7 Å². The highest BCUT2D eigenvalue weighted by Crippen LogP contribution is 2.36. The molecule has 0 unspecified atom stereocenters. The van der Waals surface area contributed by atoms with Gasteiger partial charge >= 0.3 is 5.69 Å². The van der Waals surface area contributed by atoms with E-state index in [1.54, 1.807) is 30.8 Å². The zero-order chi connectivity index (χ0) is 25.5. The number of methoxy groups -OCH3 is 2. The average Bonchev–Trinajstić information content (AvgIpc) is 3.51. The molecule has 37 heavy (non-hydrogen) atoms. The molecule has 0 saturated carbocycles. The SMILES string of the molecule is COc1cccc(-c2noc(Cn3nc4cc(C)nc(N5CCc6ccccc6C5)n4c3=O)n2)c1OC. The molecule has 11 heteroatoms. The molecule has 5 aromatic rings. The first kappa shape index (κ1) is 22.8. The quantitative estimate of drug-likeness (QED) is 0.348. The summed E-state index contributed by atoms with van der Waals surface area (Å²) in [5.41, 5.74) is 4.15. The molecule has 2 aromatic carbocycles. The van der Waals surface area contributed by atoms with Crippen molar-refractivity contribution in [1.29, 1.82) is 0 Å². The van der Waals surface area contributed by atoms with Gasteiger partial charge in [0.25, 0.3) is 0 Å². The van der Waals surface area contributed by atoms with Crippen LogP contribution in [0.3, 0.4) is 0 Å². The van der Waals surface area contributed by atoms with Crippen LogP contribution in [0.2, 0.25) is 0 Å². The summed E-state index contributed by atoms with van der Waals surface area (Å²) in [6.07, 6.45) is 0.884. The van der Waals surface area contributed by atoms with Gasteiger partial charge in [0.15, 0.2) is 17.1 Å². The Hall–Kier alpha value is -4.67. The third-order valence-electron chi connectivity index (χ3n) is 6.49. The monoisotopic (exact) mass is 499 g/mol. The lowest BCUT2D eigenvalue weighted by atomic mass is 10.0. The number of fused-ring (bicyclic) bond motifs is 2. The zero-order valence-corrected chi connectivity index (χ0v) is 20.7. The first-order chi connectivity index (χ1) is 18.1. The molecular formula is C26H25N7O4. The minimum atomic E-state index is -0.324. The smallest absolute Gasteiger partial charge is 0.353 e. The molecule has 0 radical (unpaired) electrons. The van der Waals surface area contributed by atoms with E-state index >= 15 is 0 Å². The van der Waals surface area contributed by atoms with Crippen LogP contribution < -0.4 is 20.1 Å². The first-order valence-electron chi connectivity index (χ1n) is 11.9. The molecule has 0 bridgehead atoms. The lowest BCUT2D eigenvalue weighted by molar-refractivity contribution is 0.354. The summed E-state index contributed by atoms with van der Waals surface area (Å²) >= 11 is 0. The van der Waals surface area contributed by atoms with E-state index < -0.39 is 0 Å². The van der Waals surface area contributed by atoms with Crippen LogP contribution in [-0.4, -0.2) is 50.1 Å². The van der Waals surface area contributed by atoms with Gasteiger partial charge in [0.05, 0.1) is 19.8 Å². The van der Waals surface area contributed by atoms with Gasteiger partial charge in [-0.05, 0) is 36.6 Å². The van der Waals surface area contributed by atoms with E-state index in [1.165, 1.54) is 15.8 Å². The fourth-order valence-electron chi connectivity index (χ4n) is 4.73. The Balaban J connectivity index is 1.34. The van der Waals surface area contributed by atoms with Crippen LogP contribution in [0.5, 0.6) is 11.5 Å². The van der Waals surface area contributed by atoms with Gasteiger partial charge in [0, 0.05) is 24.8 Å². The van der Waals surface area contributed by atoms with Crippen molar-refractivity contribution < 1.29 is 14.0 Å². The van der Waals surface area contributed by atoms with E-state index in [9.17, 15) is 4.79 Å². The predicted octanol–water partition coefficient (Wildman–Crippen LogP) is 2.88. The Morgan fingerprint density at radius 1 is 1.03 bits per heavy atom. The van der Waals surface area contributed by atoms with Crippen molar-refractivity contribution in [3.63, 3.8) is 0 Å². The number of nitrogens with zero attached hydrogens (tertiary/aromatic N) is 7. The third-order valence-corrected chi connectivity index (χ3v) is 6.49. The second-order valence-electron chi connectivity index (χ2n) is 8.82. The Morgan fingerprint density at radius 2 is 1.86 bits per heavy atom. The van der Waals surface area contributed by atoms with Crippen LogP contribution in [0.4, 0.5) is 5.95 Å². The fraction of sp³-hybridized carbons (Fsp3) is 0.269. The highest BCUT2D eigenvalue weighted by Gasteiger charge is 2.23. The second kappa shape index (κ2) is 9.08. The Labute approximate surface area is 211 Å². The van der Waals surface area contributed by atoms with Crippen LogP contribution in [0.15, 0.2) is 57.8 Å². The molecule has 3 aromatic heterocycles. The third kappa shape index (κ3) is 3.98. The van der Waals surface area contributed by atoms with E-state index in [-0.39, 0.29) is 18.1 Å². The maximum Gasteiger partial charge on any atom is 0.353 e. The number of aryl methyl sites for hydroxylation is 1. The Bertz CT molecular complexity index is 1670. The van der Waals surface area contributed by atoms with Gasteiger partial charge in [0.2, 0.25) is 17.7 Å². The molecule has 1 aliphatic rings. The molecule has 0 fully saturated rings. The molecule has 0 N–H and O–H groups in total. The number of ether oxygens (including phenoxy) is 2. The molecule has 0 spiro atoms. The van der Waals surface area contributed by atoms with Crippen molar-refractivity contribution in [1.82, 2.24) is 29.3 Å². The molecule has 6 rings (SSSR count). The van der Waals surface area contributed by atoms with Gasteiger partial charge in [-0.2, -0.15) is 4.98 Å². The number of anilines is 1. The Morgan fingerprint density at radius 3 is 2.68 bits per heavy atom. The largest absolute Gasteiger partial charge is 0.493 e. The molecule has 1 aliphatic heterocycles. The number of hydrogen-bond donors (Lipinski definition) is 0. The Kier molecular flexibility index (Phi) is 5.59. The summed E-state index contributed by atoms with van der Waals surface area (Å²) in [6, 6.07) is 15.6. The maximum absolute atomic E-state index is 13.5. The van der Waals surface area contributed by atoms with Crippen LogP contribution in [0, 0.1) is 6.92 Å². The number of para-hydroxylation sites is 1. The number of rotatable bonds is 6. The minimum Gasteiger partial charge on any atom is -0.493 e. The molecule has 0 amide bonds. The molecule has 0 atom stereocenters. The van der Waals surface area contributed by atoms with Crippen molar-refractivity contribution in [2.24, 2.45) is 0 Å². The van der Waals surface area contributed by atoms with Crippen molar-refractivity contribution in [3.8, 4) is 22.9 Å². The first-order valence-corrected chi connectivity index (χ1v) is 11.9. The van der Waals surface area contributed by atoms with E-state index in [2.05, 4.69) is 38.3 Å². The highest BCUT2D eigenvalue weighted by molar-refractivity contribution is 5.68. The standard InChI is InChI=1S/C26H25N7O4/c1-16-13-21-29-32(15-22-28-24(30-37-22)19-9-6-10-20(35-2)23(19)36-3)26(34)33(21)25(27-16)31-12-11-17-7-4-5-8-18(17)14-31/h4-10,13H,11-12,14-15H2,1-3H3. The predicted molar refractivity (Wildman–Crippen MR) is 135 cm³/mol. The molecule has 11 nitrogen and oxygen atoms in total. The normalized spacial score (nSPS) is 13.1. The molecule has 188 valence electrons. The van der Waals surface area contributed by atoms with Crippen molar-refractivity contribution in [2.75, 3.05) is 25.7 Å². The summed E-state index contributed by atoms with van der Waals surface area (Å²) < 4.78 is 19.2. The van der Waals surface area contributed by atoms with Crippen LogP contribution in [-0.2, 0) is 19.5 Å². The number of hydrogen-bond acceptors (Lipinski definition) is 9. The van der Waals surface area contributed by atoms with Crippen LogP contribution in [0.25, 0.3) is 17.0 Å². The van der Waals surface area contributed by atoms with E-state index in [0.29, 0.717) is 41.0 Å². The zero-order valence-electron chi connectivity index (χ0n) is 20.7. The average molecular weight is 500 g/mol. The van der Waals surface area contributed by atoms with Gasteiger partial charge in [0.1, 0.15) is 6.54 Å². The molecule has 0 aliphatic carbocycles. The molecular weight excluding hydrogens is 474 g/mol. The molecule has 4 heterocycles. The number of aromatic nitrogens is 6. The lowest BCUT2D eigenvalue weighted by Crippen LogP contribution is -2.35. The van der Waals surface area contributed by atoms with Gasteiger partial charge in [-0.15, -0.1) is 5.10 Å². The van der Waals surface area contributed by atoms with Gasteiger partial charge in [-0.3, -0.25) is 0 Å². The second-order valence-corrected chi connectivity index (χ2v) is 8.82. The van der Waals surface area contributed by atoms with Crippen LogP contribution in [0.1, 0.15) is 22.7 Å². The minimum absolute atomic E-state index is 0.0150. The summed E-state index contributed by atoms with van der Waals surface area (Å²) in [5, 5.41) is 8.62. The highest BCUT2D eigenvalue weighted by atomic mass is 16.5. The van der Waals surface area contributed by atoms with E-state index in [1.807, 2.05) is 25.1 Å². The molecule has 0 saturated heterocycles. The summed E-state index contributed by atoms with van der Waals surface area (Å²) in [7, 11) is 3.11. The van der Waals surface area contributed by atoms with E-state index in [4.69, 9.17) is 19.0 Å². The maximum atomic E-state index is 13.5. The van der Waals surface area contributed by atoms with Gasteiger partial charge in [-0.1, -0.05) is 35.5 Å². The fourth-order valence-corrected chi connectivity index (χ4v) is 4.73. The van der Waals surface area contributed by atoms with Crippen molar-refractivity contribution >= 4 is 11.6 Å². The summed E-state index contributed by atoms with van der Waals surface area (Å²) in [5.74, 6) is 2.19. The topological polar surface area (TPSA) is 113 Å². The summed E-state index contributed by atoms with van der Waals surface area (Å²) in [4.78, 5) is 24.8.